The number of aromatic nitrogens is 3. The van der Waals surface area contributed by atoms with Crippen LogP contribution >= 0.6 is 0 Å². The van der Waals surface area contributed by atoms with E-state index in [1.807, 2.05) is 6.92 Å². The topological polar surface area (TPSA) is 67.5 Å². The fourth-order valence-corrected chi connectivity index (χ4v) is 2.37. The van der Waals surface area contributed by atoms with Crippen LogP contribution in [0.2, 0.25) is 0 Å². The number of carboxylic acid groups (broad SMARTS) is 1. The smallest absolute Gasteiger partial charge is 0.339 e. The van der Waals surface area contributed by atoms with Gasteiger partial charge in [0.05, 0.1) is 17.0 Å². The van der Waals surface area contributed by atoms with Crippen molar-refractivity contribution in [2.75, 3.05) is 0 Å². The highest BCUT2D eigenvalue weighted by Gasteiger charge is 2.18. The fourth-order valence-electron chi connectivity index (χ4n) is 2.37. The molecule has 0 fully saturated rings. The van der Waals surface area contributed by atoms with Gasteiger partial charge in [0.1, 0.15) is 5.82 Å². The summed E-state index contributed by atoms with van der Waals surface area (Å²) >= 11 is 0. The Balaban J connectivity index is 2.30. The molecule has 6 heteroatoms. The normalized spacial score (nSPS) is 11.0. The van der Waals surface area contributed by atoms with Crippen molar-refractivity contribution in [3.05, 3.63) is 53.2 Å². The van der Waals surface area contributed by atoms with Crippen LogP contribution in [0, 0.1) is 19.7 Å². The van der Waals surface area contributed by atoms with Gasteiger partial charge in [0.25, 0.3) is 0 Å². The van der Waals surface area contributed by atoms with Crippen molar-refractivity contribution in [3.8, 4) is 11.1 Å². The molecule has 3 aromatic rings. The molecule has 2 aromatic heterocycles. The Morgan fingerprint density at radius 3 is 2.52 bits per heavy atom. The number of nitrogens with zero attached hydrogens (tertiary/aromatic N) is 3. The average molecular weight is 285 g/mol. The van der Waals surface area contributed by atoms with Crippen LogP contribution in [-0.2, 0) is 0 Å². The summed E-state index contributed by atoms with van der Waals surface area (Å²) in [5.74, 6) is -1.36. The van der Waals surface area contributed by atoms with Gasteiger partial charge in [-0.15, -0.1) is 0 Å². The molecule has 3 rings (SSSR count). The van der Waals surface area contributed by atoms with Crippen LogP contribution < -0.4 is 0 Å². The molecule has 21 heavy (non-hydrogen) atoms. The van der Waals surface area contributed by atoms with Gasteiger partial charge < -0.3 is 5.11 Å². The lowest BCUT2D eigenvalue weighted by Crippen LogP contribution is -2.07. The molecule has 0 aliphatic heterocycles. The molecule has 0 amide bonds. The molecule has 0 unspecified atom stereocenters. The van der Waals surface area contributed by atoms with E-state index in [1.54, 1.807) is 19.1 Å². The molecule has 0 aliphatic rings. The third-order valence-corrected chi connectivity index (χ3v) is 3.42. The molecule has 106 valence electrons. The summed E-state index contributed by atoms with van der Waals surface area (Å²) in [5.41, 5.74) is 3.44. The van der Waals surface area contributed by atoms with E-state index >= 15 is 0 Å². The highest BCUT2D eigenvalue weighted by atomic mass is 19.1. The largest absolute Gasteiger partial charge is 0.478 e. The molecule has 0 aliphatic carbocycles. The molecule has 2 heterocycles. The van der Waals surface area contributed by atoms with Crippen molar-refractivity contribution in [2.45, 2.75) is 13.8 Å². The quantitative estimate of drug-likeness (QED) is 0.786. The number of benzene rings is 1. The number of hydrogen-bond donors (Lipinski definition) is 1. The van der Waals surface area contributed by atoms with Crippen LogP contribution in [0.4, 0.5) is 4.39 Å². The number of fused-ring (bicyclic) bond motifs is 1. The first-order valence-electron chi connectivity index (χ1n) is 6.33. The highest BCUT2D eigenvalue weighted by Crippen LogP contribution is 2.28. The first-order chi connectivity index (χ1) is 9.99. The molecule has 5 nitrogen and oxygen atoms in total. The lowest BCUT2D eigenvalue weighted by molar-refractivity contribution is 0.0695. The van der Waals surface area contributed by atoms with E-state index in [9.17, 15) is 9.18 Å². The number of aryl methyl sites for hydroxylation is 2. The zero-order valence-corrected chi connectivity index (χ0v) is 11.5. The van der Waals surface area contributed by atoms with Gasteiger partial charge in [-0.1, -0.05) is 12.1 Å². The molecule has 0 saturated carbocycles. The molecule has 1 aromatic carbocycles. The van der Waals surface area contributed by atoms with Crippen LogP contribution in [0.15, 0.2) is 30.5 Å². The van der Waals surface area contributed by atoms with Gasteiger partial charge in [0.2, 0.25) is 0 Å². The average Bonchev–Trinajstić information content (AvgIpc) is 2.77. The van der Waals surface area contributed by atoms with Crippen LogP contribution in [-0.4, -0.2) is 25.7 Å². The molecular weight excluding hydrogens is 273 g/mol. The van der Waals surface area contributed by atoms with Crippen molar-refractivity contribution >= 4 is 11.6 Å². The second kappa shape index (κ2) is 4.66. The maximum Gasteiger partial charge on any atom is 0.339 e. The Hall–Kier alpha value is -2.76. The SMILES string of the molecule is Cc1nn2c(C)c(C(=O)O)cnc2c1-c1ccc(F)cc1. The van der Waals surface area contributed by atoms with Crippen molar-refractivity contribution in [3.63, 3.8) is 0 Å². The van der Waals surface area contributed by atoms with Crippen LogP contribution in [0.1, 0.15) is 21.7 Å². The zero-order chi connectivity index (χ0) is 15.1. The molecule has 1 N–H and O–H groups in total. The van der Waals surface area contributed by atoms with Crippen molar-refractivity contribution in [2.24, 2.45) is 0 Å². The summed E-state index contributed by atoms with van der Waals surface area (Å²) in [5, 5.41) is 13.5. The Labute approximate surface area is 119 Å². The second-order valence-electron chi connectivity index (χ2n) is 4.77. The van der Waals surface area contributed by atoms with Crippen molar-refractivity contribution in [1.29, 1.82) is 0 Å². The Bertz CT molecular complexity index is 853. The van der Waals surface area contributed by atoms with Gasteiger partial charge in [-0.25, -0.2) is 18.7 Å². The van der Waals surface area contributed by atoms with Crippen molar-refractivity contribution in [1.82, 2.24) is 14.6 Å². The number of rotatable bonds is 2. The number of hydrogen-bond acceptors (Lipinski definition) is 3. The summed E-state index contributed by atoms with van der Waals surface area (Å²) in [6.07, 6.45) is 1.32. The number of aromatic carboxylic acids is 1. The molecule has 0 bridgehead atoms. The summed E-state index contributed by atoms with van der Waals surface area (Å²) in [6.45, 7) is 3.49. The van der Waals surface area contributed by atoms with Crippen molar-refractivity contribution < 1.29 is 14.3 Å². The monoisotopic (exact) mass is 285 g/mol. The van der Waals surface area contributed by atoms with Gasteiger partial charge >= 0.3 is 5.97 Å². The third-order valence-electron chi connectivity index (χ3n) is 3.42. The predicted octanol–water partition coefficient (Wildman–Crippen LogP) is 2.85. The fraction of sp³-hybridized carbons (Fsp3) is 0.133. The summed E-state index contributed by atoms with van der Waals surface area (Å²) < 4.78 is 14.6. The second-order valence-corrected chi connectivity index (χ2v) is 4.77. The highest BCUT2D eigenvalue weighted by molar-refractivity contribution is 5.89. The minimum atomic E-state index is -1.04. The molecular formula is C15H12FN3O2. The standard InChI is InChI=1S/C15H12FN3O2/c1-8-13(10-3-5-11(16)6-4-10)14-17-7-12(15(20)21)9(2)19(14)18-8/h3-7H,1-2H3,(H,20,21). The van der Waals surface area contributed by atoms with Gasteiger partial charge in [0, 0.05) is 11.8 Å². The molecule has 0 radical (unpaired) electrons. The Morgan fingerprint density at radius 2 is 1.90 bits per heavy atom. The first-order valence-corrected chi connectivity index (χ1v) is 6.33. The minimum Gasteiger partial charge on any atom is -0.478 e. The van der Waals surface area contributed by atoms with E-state index in [0.29, 0.717) is 17.0 Å². The lowest BCUT2D eigenvalue weighted by atomic mass is 10.1. The Kier molecular flexibility index (Phi) is 2.94. The third kappa shape index (κ3) is 2.05. The number of halogens is 1. The van der Waals surface area contributed by atoms with Gasteiger partial charge in [-0.05, 0) is 31.5 Å². The first kappa shape index (κ1) is 13.2. The van der Waals surface area contributed by atoms with Gasteiger partial charge in [0.15, 0.2) is 5.65 Å². The van der Waals surface area contributed by atoms with E-state index in [0.717, 1.165) is 11.1 Å². The summed E-state index contributed by atoms with van der Waals surface area (Å²) in [7, 11) is 0. The summed E-state index contributed by atoms with van der Waals surface area (Å²) in [6, 6.07) is 6.05. The summed E-state index contributed by atoms with van der Waals surface area (Å²) in [4.78, 5) is 15.4. The van der Waals surface area contributed by atoms with Gasteiger partial charge in [-0.2, -0.15) is 5.10 Å². The predicted molar refractivity (Wildman–Crippen MR) is 74.8 cm³/mol. The van der Waals surface area contributed by atoms with E-state index in [-0.39, 0.29) is 11.4 Å². The number of carboxylic acids is 1. The van der Waals surface area contributed by atoms with E-state index in [2.05, 4.69) is 10.1 Å². The number of carbonyl (C=O) groups is 1. The lowest BCUT2D eigenvalue weighted by Gasteiger charge is -2.04. The molecule has 0 atom stereocenters. The maximum absolute atomic E-state index is 13.0. The van der Waals surface area contributed by atoms with Crippen LogP contribution in [0.5, 0.6) is 0 Å². The van der Waals surface area contributed by atoms with Crippen LogP contribution in [0.25, 0.3) is 16.8 Å². The molecule has 0 saturated heterocycles. The van der Waals surface area contributed by atoms with Gasteiger partial charge in [-0.3, -0.25) is 0 Å². The maximum atomic E-state index is 13.0. The molecule has 0 spiro atoms. The van der Waals surface area contributed by atoms with E-state index in [1.165, 1.54) is 22.8 Å². The Morgan fingerprint density at radius 1 is 1.24 bits per heavy atom. The van der Waals surface area contributed by atoms with Crippen LogP contribution in [0.3, 0.4) is 0 Å². The minimum absolute atomic E-state index is 0.107. The van der Waals surface area contributed by atoms with E-state index in [4.69, 9.17) is 5.11 Å². The zero-order valence-electron chi connectivity index (χ0n) is 11.5. The van der Waals surface area contributed by atoms with E-state index < -0.39 is 5.97 Å².